The second-order valence-electron chi connectivity index (χ2n) is 3.35. The van der Waals surface area contributed by atoms with Gasteiger partial charge in [-0.2, -0.15) is 4.98 Å². The van der Waals surface area contributed by atoms with Crippen molar-refractivity contribution in [1.82, 2.24) is 9.97 Å². The number of aromatic nitrogens is 2. The van der Waals surface area contributed by atoms with E-state index in [0.717, 1.165) is 0 Å². The van der Waals surface area contributed by atoms with Crippen molar-refractivity contribution in [3.8, 4) is 5.88 Å². The highest BCUT2D eigenvalue weighted by atomic mass is 19.1. The SMILES string of the molecule is COc1nc(CCN)nc2ccc(F)cc12. The van der Waals surface area contributed by atoms with E-state index in [1.165, 1.54) is 19.2 Å². The molecule has 0 atom stereocenters. The van der Waals surface area contributed by atoms with Gasteiger partial charge >= 0.3 is 0 Å². The molecule has 1 aromatic heterocycles. The Hall–Kier alpha value is -1.75. The number of nitrogens with zero attached hydrogens (tertiary/aromatic N) is 2. The molecule has 1 heterocycles. The van der Waals surface area contributed by atoms with Crippen molar-refractivity contribution in [2.75, 3.05) is 13.7 Å². The molecule has 1 aromatic carbocycles. The third kappa shape index (κ3) is 1.94. The molecule has 84 valence electrons. The van der Waals surface area contributed by atoms with E-state index in [2.05, 4.69) is 9.97 Å². The lowest BCUT2D eigenvalue weighted by molar-refractivity contribution is 0.400. The highest BCUT2D eigenvalue weighted by Gasteiger charge is 2.08. The van der Waals surface area contributed by atoms with E-state index in [0.29, 0.717) is 35.6 Å². The zero-order valence-corrected chi connectivity index (χ0v) is 8.90. The molecule has 5 heteroatoms. The van der Waals surface area contributed by atoms with Crippen LogP contribution in [-0.4, -0.2) is 23.6 Å². The van der Waals surface area contributed by atoms with Crippen molar-refractivity contribution in [3.63, 3.8) is 0 Å². The van der Waals surface area contributed by atoms with Crippen molar-refractivity contribution in [2.24, 2.45) is 5.73 Å². The lowest BCUT2D eigenvalue weighted by atomic mass is 10.2. The van der Waals surface area contributed by atoms with Gasteiger partial charge in [-0.1, -0.05) is 0 Å². The Bertz CT molecular complexity index is 516. The summed E-state index contributed by atoms with van der Waals surface area (Å²) in [6, 6.07) is 4.33. The normalized spacial score (nSPS) is 10.7. The van der Waals surface area contributed by atoms with Gasteiger partial charge in [0.05, 0.1) is 18.0 Å². The van der Waals surface area contributed by atoms with Gasteiger partial charge in [0.25, 0.3) is 0 Å². The number of rotatable bonds is 3. The molecule has 0 saturated carbocycles. The van der Waals surface area contributed by atoms with Crippen LogP contribution in [0.15, 0.2) is 18.2 Å². The minimum absolute atomic E-state index is 0.332. The topological polar surface area (TPSA) is 61.0 Å². The number of hydrogen-bond donors (Lipinski definition) is 1. The Morgan fingerprint density at radius 1 is 1.38 bits per heavy atom. The molecule has 2 N–H and O–H groups in total. The monoisotopic (exact) mass is 221 g/mol. The minimum atomic E-state index is -0.332. The summed E-state index contributed by atoms with van der Waals surface area (Å²) in [4.78, 5) is 8.45. The summed E-state index contributed by atoms with van der Waals surface area (Å²) in [6.45, 7) is 0.468. The summed E-state index contributed by atoms with van der Waals surface area (Å²) < 4.78 is 18.2. The van der Waals surface area contributed by atoms with Crippen LogP contribution in [0, 0.1) is 5.82 Å². The number of hydrogen-bond acceptors (Lipinski definition) is 4. The van der Waals surface area contributed by atoms with Crippen molar-refractivity contribution >= 4 is 10.9 Å². The van der Waals surface area contributed by atoms with Crippen molar-refractivity contribution < 1.29 is 9.13 Å². The van der Waals surface area contributed by atoms with Gasteiger partial charge < -0.3 is 10.5 Å². The number of ether oxygens (including phenoxy) is 1. The van der Waals surface area contributed by atoms with E-state index in [-0.39, 0.29) is 5.82 Å². The molecule has 2 rings (SSSR count). The van der Waals surface area contributed by atoms with Crippen LogP contribution < -0.4 is 10.5 Å². The lowest BCUT2D eigenvalue weighted by Gasteiger charge is -2.06. The molecule has 0 aliphatic carbocycles. The van der Waals surface area contributed by atoms with Crippen LogP contribution in [0.1, 0.15) is 5.82 Å². The predicted octanol–water partition coefficient (Wildman–Crippen LogP) is 1.28. The summed E-state index contributed by atoms with van der Waals surface area (Å²) in [5, 5.41) is 0.572. The fourth-order valence-corrected chi connectivity index (χ4v) is 1.52. The number of benzene rings is 1. The Kier molecular flexibility index (Phi) is 2.96. The summed E-state index contributed by atoms with van der Waals surface area (Å²) in [5.41, 5.74) is 6.10. The number of nitrogens with two attached hydrogens (primary N) is 1. The highest BCUT2D eigenvalue weighted by molar-refractivity contribution is 5.83. The van der Waals surface area contributed by atoms with Gasteiger partial charge in [-0.15, -0.1) is 0 Å². The molecular weight excluding hydrogens is 209 g/mol. The van der Waals surface area contributed by atoms with Crippen LogP contribution in [0.4, 0.5) is 4.39 Å². The predicted molar refractivity (Wildman–Crippen MR) is 58.8 cm³/mol. The van der Waals surface area contributed by atoms with Gasteiger partial charge in [-0.05, 0) is 24.7 Å². The Morgan fingerprint density at radius 2 is 2.19 bits per heavy atom. The zero-order valence-electron chi connectivity index (χ0n) is 8.90. The van der Waals surface area contributed by atoms with Crippen LogP contribution in [0.25, 0.3) is 10.9 Å². The number of fused-ring (bicyclic) bond motifs is 1. The molecule has 0 unspecified atom stereocenters. The van der Waals surface area contributed by atoms with Gasteiger partial charge in [0, 0.05) is 6.42 Å². The zero-order chi connectivity index (χ0) is 11.5. The van der Waals surface area contributed by atoms with Crippen molar-refractivity contribution in [2.45, 2.75) is 6.42 Å². The maximum atomic E-state index is 13.1. The molecule has 2 aromatic rings. The molecule has 0 spiro atoms. The second kappa shape index (κ2) is 4.40. The molecule has 0 saturated heterocycles. The summed E-state index contributed by atoms with van der Waals surface area (Å²) >= 11 is 0. The average Bonchev–Trinajstić information content (AvgIpc) is 2.29. The molecule has 0 bridgehead atoms. The van der Waals surface area contributed by atoms with Crippen LogP contribution in [0.5, 0.6) is 5.88 Å². The Balaban J connectivity index is 2.63. The minimum Gasteiger partial charge on any atom is -0.480 e. The first-order valence-corrected chi connectivity index (χ1v) is 4.95. The van der Waals surface area contributed by atoms with E-state index in [4.69, 9.17) is 10.5 Å². The first kappa shape index (κ1) is 10.8. The first-order valence-electron chi connectivity index (χ1n) is 4.95. The molecule has 0 aliphatic heterocycles. The largest absolute Gasteiger partial charge is 0.480 e. The Labute approximate surface area is 92.3 Å². The Morgan fingerprint density at radius 3 is 2.88 bits per heavy atom. The van der Waals surface area contributed by atoms with Crippen LogP contribution in [-0.2, 0) is 6.42 Å². The summed E-state index contributed by atoms with van der Waals surface area (Å²) in [6.07, 6.45) is 0.573. The lowest BCUT2D eigenvalue weighted by Crippen LogP contribution is -2.07. The average molecular weight is 221 g/mol. The molecule has 0 radical (unpaired) electrons. The van der Waals surface area contributed by atoms with E-state index < -0.39 is 0 Å². The van der Waals surface area contributed by atoms with E-state index in [9.17, 15) is 4.39 Å². The smallest absolute Gasteiger partial charge is 0.224 e. The molecule has 0 fully saturated rings. The number of halogens is 1. The summed E-state index contributed by atoms with van der Waals surface area (Å²) in [7, 11) is 1.50. The van der Waals surface area contributed by atoms with Gasteiger partial charge in [-0.25, -0.2) is 9.37 Å². The molecule has 16 heavy (non-hydrogen) atoms. The molecular formula is C11H12FN3O. The van der Waals surface area contributed by atoms with E-state index in [1.54, 1.807) is 6.07 Å². The maximum Gasteiger partial charge on any atom is 0.224 e. The van der Waals surface area contributed by atoms with E-state index >= 15 is 0 Å². The third-order valence-electron chi connectivity index (χ3n) is 2.23. The first-order chi connectivity index (χ1) is 7.74. The maximum absolute atomic E-state index is 13.1. The second-order valence-corrected chi connectivity index (χ2v) is 3.35. The molecule has 4 nitrogen and oxygen atoms in total. The van der Waals surface area contributed by atoms with Gasteiger partial charge in [0.15, 0.2) is 0 Å². The highest BCUT2D eigenvalue weighted by Crippen LogP contribution is 2.22. The van der Waals surface area contributed by atoms with Crippen molar-refractivity contribution in [3.05, 3.63) is 29.8 Å². The van der Waals surface area contributed by atoms with Gasteiger partial charge in [0.1, 0.15) is 11.6 Å². The fraction of sp³-hybridized carbons (Fsp3) is 0.273. The fourth-order valence-electron chi connectivity index (χ4n) is 1.52. The standard InChI is InChI=1S/C11H12FN3O/c1-16-11-8-6-7(12)2-3-9(8)14-10(15-11)4-5-13/h2-3,6H,4-5,13H2,1H3. The van der Waals surface area contributed by atoms with Crippen LogP contribution in [0.3, 0.4) is 0 Å². The third-order valence-corrected chi connectivity index (χ3v) is 2.23. The molecule has 0 aliphatic rings. The van der Waals surface area contributed by atoms with Gasteiger partial charge in [0.2, 0.25) is 5.88 Å². The van der Waals surface area contributed by atoms with Crippen molar-refractivity contribution in [1.29, 1.82) is 0 Å². The van der Waals surface area contributed by atoms with Crippen LogP contribution in [0.2, 0.25) is 0 Å². The number of methoxy groups -OCH3 is 1. The van der Waals surface area contributed by atoms with Gasteiger partial charge in [-0.3, -0.25) is 0 Å². The summed E-state index contributed by atoms with van der Waals surface area (Å²) in [5.74, 6) is 0.660. The van der Waals surface area contributed by atoms with E-state index in [1.807, 2.05) is 0 Å². The quantitative estimate of drug-likeness (QED) is 0.848. The van der Waals surface area contributed by atoms with Crippen LogP contribution >= 0.6 is 0 Å². The molecule has 0 amide bonds.